The second-order valence-corrected chi connectivity index (χ2v) is 9.72. The molecule has 0 aliphatic rings. The van der Waals surface area contributed by atoms with Crippen LogP contribution in [0.15, 0.2) is 9.13 Å². The summed E-state index contributed by atoms with van der Waals surface area (Å²) in [5.41, 5.74) is 0. The first-order chi connectivity index (χ1) is 9.53. The Balaban J connectivity index is 2.10. The number of nitrogens with zero attached hydrogens (tertiary/aromatic N) is 1. The maximum Gasteiger partial charge on any atom is 0.323 e. The van der Waals surface area contributed by atoms with Gasteiger partial charge in [0.1, 0.15) is 0 Å². The zero-order valence-corrected chi connectivity index (χ0v) is 15.2. The summed E-state index contributed by atoms with van der Waals surface area (Å²) in [5, 5.41) is 6.44. The molecule has 0 amide bonds. The number of unbranched alkanes of at least 4 members (excludes halogenated alkanes) is 6. The van der Waals surface area contributed by atoms with Crippen molar-refractivity contribution in [3.63, 3.8) is 0 Å². The molecule has 0 aliphatic heterocycles. The molecule has 1 rings (SSSR count). The van der Waals surface area contributed by atoms with Crippen molar-refractivity contribution in [3.05, 3.63) is 9.67 Å². The van der Waals surface area contributed by atoms with Gasteiger partial charge in [0.25, 0.3) is 0 Å². The van der Waals surface area contributed by atoms with E-state index in [2.05, 4.69) is 31.0 Å². The standard InChI is InChI=1S/C14H26N2OS3/c1-4-5-6-7-8-9-10-11-14(2,3)20-19-13-16-15-12(17)18-13/h4-11H2,1-3H3,(H,15,17). The lowest BCUT2D eigenvalue weighted by Crippen LogP contribution is -2.12. The van der Waals surface area contributed by atoms with Gasteiger partial charge in [0.15, 0.2) is 4.34 Å². The molecule has 1 N–H and O–H groups in total. The maximum absolute atomic E-state index is 11.0. The highest BCUT2D eigenvalue weighted by Crippen LogP contribution is 2.43. The van der Waals surface area contributed by atoms with Gasteiger partial charge in [-0.25, -0.2) is 5.10 Å². The number of aromatic nitrogens is 2. The van der Waals surface area contributed by atoms with Crippen molar-refractivity contribution in [1.82, 2.24) is 10.2 Å². The van der Waals surface area contributed by atoms with Gasteiger partial charge >= 0.3 is 4.87 Å². The first-order valence-electron chi connectivity index (χ1n) is 7.45. The summed E-state index contributed by atoms with van der Waals surface area (Å²) >= 11 is 1.19. The topological polar surface area (TPSA) is 45.8 Å². The fourth-order valence-electron chi connectivity index (χ4n) is 1.95. The van der Waals surface area contributed by atoms with E-state index in [1.54, 1.807) is 10.8 Å². The summed E-state index contributed by atoms with van der Waals surface area (Å²) in [6.45, 7) is 6.81. The summed E-state index contributed by atoms with van der Waals surface area (Å²) in [7, 11) is 3.44. The Morgan fingerprint density at radius 2 is 1.80 bits per heavy atom. The van der Waals surface area contributed by atoms with Crippen LogP contribution in [0.5, 0.6) is 0 Å². The second kappa shape index (κ2) is 9.90. The molecule has 20 heavy (non-hydrogen) atoms. The lowest BCUT2D eigenvalue weighted by molar-refractivity contribution is 0.538. The van der Waals surface area contributed by atoms with Crippen molar-refractivity contribution in [2.24, 2.45) is 0 Å². The van der Waals surface area contributed by atoms with Crippen LogP contribution in [0.2, 0.25) is 0 Å². The van der Waals surface area contributed by atoms with Gasteiger partial charge in [-0.15, -0.1) is 0 Å². The zero-order valence-electron chi connectivity index (χ0n) is 12.7. The van der Waals surface area contributed by atoms with Crippen LogP contribution in [-0.2, 0) is 0 Å². The SMILES string of the molecule is CCCCCCCCCC(C)(C)SSc1n[nH]c(=O)s1. The maximum atomic E-state index is 11.0. The predicted octanol–water partition coefficient (Wildman–Crippen LogP) is 5.49. The van der Waals surface area contributed by atoms with Gasteiger partial charge in [-0.2, -0.15) is 5.10 Å². The van der Waals surface area contributed by atoms with E-state index in [0.29, 0.717) is 0 Å². The number of aromatic amines is 1. The largest absolute Gasteiger partial charge is 0.323 e. The molecule has 6 heteroatoms. The molecule has 1 heterocycles. The summed E-state index contributed by atoms with van der Waals surface area (Å²) < 4.78 is 1.07. The Bertz CT molecular complexity index is 415. The van der Waals surface area contributed by atoms with E-state index in [-0.39, 0.29) is 9.62 Å². The van der Waals surface area contributed by atoms with Crippen molar-refractivity contribution in [1.29, 1.82) is 0 Å². The molecular formula is C14H26N2OS3. The number of nitrogens with one attached hydrogen (secondary N) is 1. The Kier molecular flexibility index (Phi) is 8.96. The predicted molar refractivity (Wildman–Crippen MR) is 92.9 cm³/mol. The van der Waals surface area contributed by atoms with Crippen LogP contribution in [0.25, 0.3) is 0 Å². The van der Waals surface area contributed by atoms with Crippen LogP contribution >= 0.6 is 32.9 Å². The Hall–Kier alpha value is 0.0600. The van der Waals surface area contributed by atoms with Crippen molar-refractivity contribution in [2.75, 3.05) is 0 Å². The summed E-state index contributed by atoms with van der Waals surface area (Å²) in [4.78, 5) is 10.9. The number of H-pyrrole nitrogens is 1. The molecule has 3 nitrogen and oxygen atoms in total. The van der Waals surface area contributed by atoms with Crippen LogP contribution in [0.1, 0.15) is 72.1 Å². The van der Waals surface area contributed by atoms with Crippen LogP contribution in [-0.4, -0.2) is 14.9 Å². The molecule has 0 bridgehead atoms. The molecule has 0 unspecified atom stereocenters. The molecule has 1 aromatic heterocycles. The molecule has 0 aromatic carbocycles. The van der Waals surface area contributed by atoms with E-state index >= 15 is 0 Å². The first kappa shape index (κ1) is 18.1. The van der Waals surface area contributed by atoms with Crippen LogP contribution in [0.3, 0.4) is 0 Å². The summed E-state index contributed by atoms with van der Waals surface area (Å²) in [6, 6.07) is 0. The van der Waals surface area contributed by atoms with Crippen molar-refractivity contribution < 1.29 is 0 Å². The van der Waals surface area contributed by atoms with Crippen LogP contribution in [0, 0.1) is 0 Å². The monoisotopic (exact) mass is 334 g/mol. The smallest absolute Gasteiger partial charge is 0.255 e. The lowest BCUT2D eigenvalue weighted by atomic mass is 10.0. The van der Waals surface area contributed by atoms with E-state index < -0.39 is 0 Å². The van der Waals surface area contributed by atoms with Gasteiger partial charge < -0.3 is 0 Å². The second-order valence-electron chi connectivity index (χ2n) is 5.68. The third-order valence-electron chi connectivity index (χ3n) is 3.14. The van der Waals surface area contributed by atoms with E-state index in [1.165, 1.54) is 62.7 Å². The number of hydrogen-bond acceptors (Lipinski definition) is 5. The molecule has 0 saturated heterocycles. The molecule has 0 saturated carbocycles. The minimum Gasteiger partial charge on any atom is -0.255 e. The third kappa shape index (κ3) is 8.37. The van der Waals surface area contributed by atoms with E-state index in [1.807, 2.05) is 10.8 Å². The van der Waals surface area contributed by atoms with E-state index in [9.17, 15) is 4.79 Å². The molecule has 1 aromatic rings. The number of hydrogen-bond donors (Lipinski definition) is 1. The van der Waals surface area contributed by atoms with E-state index in [4.69, 9.17) is 0 Å². The fourth-order valence-corrected chi connectivity index (χ4v) is 5.13. The quantitative estimate of drug-likeness (QED) is 0.429. The van der Waals surface area contributed by atoms with Gasteiger partial charge in [0.05, 0.1) is 0 Å². The normalized spacial score (nSPS) is 11.9. The summed E-state index contributed by atoms with van der Waals surface area (Å²) in [5.74, 6) is 0. The van der Waals surface area contributed by atoms with Gasteiger partial charge in [0.2, 0.25) is 0 Å². The fraction of sp³-hybridized carbons (Fsp3) is 0.857. The third-order valence-corrected chi connectivity index (χ3v) is 7.55. The molecule has 0 radical (unpaired) electrons. The van der Waals surface area contributed by atoms with Crippen LogP contribution in [0.4, 0.5) is 0 Å². The van der Waals surface area contributed by atoms with Crippen molar-refractivity contribution in [2.45, 2.75) is 81.2 Å². The minimum absolute atomic E-state index is 0.0713. The number of rotatable bonds is 11. The highest BCUT2D eigenvalue weighted by Gasteiger charge is 2.19. The Morgan fingerprint density at radius 1 is 1.15 bits per heavy atom. The van der Waals surface area contributed by atoms with Gasteiger partial charge in [0, 0.05) is 4.75 Å². The van der Waals surface area contributed by atoms with Gasteiger partial charge in [-0.3, -0.25) is 4.79 Å². The minimum atomic E-state index is -0.0713. The first-order valence-corrected chi connectivity index (χ1v) is 10.4. The molecular weight excluding hydrogens is 308 g/mol. The lowest BCUT2D eigenvalue weighted by Gasteiger charge is -2.22. The van der Waals surface area contributed by atoms with Gasteiger partial charge in [-0.1, -0.05) is 62.7 Å². The molecule has 0 aliphatic carbocycles. The molecule has 0 spiro atoms. The van der Waals surface area contributed by atoms with E-state index in [0.717, 1.165) is 4.34 Å². The summed E-state index contributed by atoms with van der Waals surface area (Å²) in [6.07, 6.45) is 10.7. The highest BCUT2D eigenvalue weighted by atomic mass is 33.1. The molecule has 116 valence electrons. The van der Waals surface area contributed by atoms with Crippen molar-refractivity contribution in [3.8, 4) is 0 Å². The van der Waals surface area contributed by atoms with Gasteiger partial charge in [-0.05, 0) is 42.4 Å². The van der Waals surface area contributed by atoms with Crippen LogP contribution < -0.4 is 4.87 Å². The average Bonchev–Trinajstić information content (AvgIpc) is 2.81. The highest BCUT2D eigenvalue weighted by molar-refractivity contribution is 8.77. The van der Waals surface area contributed by atoms with Crippen molar-refractivity contribution >= 4 is 32.9 Å². The average molecular weight is 335 g/mol. The Morgan fingerprint density at radius 3 is 2.40 bits per heavy atom. The molecule has 0 atom stereocenters. The molecule has 0 fully saturated rings. The zero-order chi connectivity index (χ0) is 14.8. The Labute approximate surface area is 134 Å².